The van der Waals surface area contributed by atoms with Crippen LogP contribution < -0.4 is 10.1 Å². The number of benzene rings is 1. The summed E-state index contributed by atoms with van der Waals surface area (Å²) in [5.41, 5.74) is 1.67. The van der Waals surface area contributed by atoms with Gasteiger partial charge in [0.05, 0.1) is 31.0 Å². The molecule has 1 heterocycles. The summed E-state index contributed by atoms with van der Waals surface area (Å²) in [6, 6.07) is 4.93. The van der Waals surface area contributed by atoms with E-state index in [1.165, 1.54) is 7.11 Å². The molecule has 0 unspecified atom stereocenters. The average molecular weight is 338 g/mol. The quantitative estimate of drug-likeness (QED) is 0.378. The van der Waals surface area contributed by atoms with Crippen LogP contribution in [0.2, 0.25) is 0 Å². The molecule has 0 aliphatic carbocycles. The van der Waals surface area contributed by atoms with Gasteiger partial charge >= 0.3 is 7.60 Å². The van der Waals surface area contributed by atoms with Crippen LogP contribution in [0.3, 0.4) is 0 Å². The summed E-state index contributed by atoms with van der Waals surface area (Å²) < 4.78 is 16.9. The van der Waals surface area contributed by atoms with Crippen LogP contribution >= 0.6 is 7.60 Å². The van der Waals surface area contributed by atoms with Crippen molar-refractivity contribution in [3.63, 3.8) is 0 Å². The van der Waals surface area contributed by atoms with E-state index in [0.29, 0.717) is 11.4 Å². The Hall–Kier alpha value is -2.15. The van der Waals surface area contributed by atoms with Gasteiger partial charge in [-0.15, -0.1) is 0 Å². The van der Waals surface area contributed by atoms with E-state index in [4.69, 9.17) is 4.74 Å². The second kappa shape index (κ2) is 6.95. The van der Waals surface area contributed by atoms with Crippen LogP contribution in [0.15, 0.2) is 35.7 Å². The first kappa shape index (κ1) is 17.2. The van der Waals surface area contributed by atoms with Crippen LogP contribution in [0.1, 0.15) is 13.8 Å². The number of amidine groups is 1. The van der Waals surface area contributed by atoms with Crippen molar-refractivity contribution in [2.24, 2.45) is 4.99 Å². The number of H-pyrrole nitrogens is 1. The highest BCUT2D eigenvalue weighted by atomic mass is 31.2. The van der Waals surface area contributed by atoms with Gasteiger partial charge in [0.2, 0.25) is 5.58 Å². The minimum atomic E-state index is -4.52. The summed E-state index contributed by atoms with van der Waals surface area (Å²) in [5, 5.41) is 2.68. The lowest BCUT2D eigenvalue weighted by Crippen LogP contribution is -2.15. The molecule has 8 nitrogen and oxygen atoms in total. The largest absolute Gasteiger partial charge is 0.495 e. The third-order valence-corrected chi connectivity index (χ3v) is 3.69. The Morgan fingerprint density at radius 2 is 2.17 bits per heavy atom. The number of aliphatic imine (C=N–C) groups is 1. The molecule has 0 aliphatic rings. The Morgan fingerprint density at radius 1 is 1.43 bits per heavy atom. The molecule has 0 saturated carbocycles. The predicted octanol–water partition coefficient (Wildman–Crippen LogP) is 2.44. The number of rotatable bonds is 5. The Kier molecular flexibility index (Phi) is 5.20. The van der Waals surface area contributed by atoms with E-state index in [0.717, 1.165) is 11.3 Å². The SMILES string of the molecule is COc1cc(-c2cnc[nH]2)ccc1NC(=NC(C)C)P(=O)(O)O. The summed E-state index contributed by atoms with van der Waals surface area (Å²) in [6.07, 6.45) is 3.23. The van der Waals surface area contributed by atoms with Gasteiger partial charge in [-0.05, 0) is 26.0 Å². The first-order chi connectivity index (χ1) is 10.8. The van der Waals surface area contributed by atoms with Gasteiger partial charge in [0.1, 0.15) is 5.75 Å². The fraction of sp³-hybridized carbons (Fsp3) is 0.286. The van der Waals surface area contributed by atoms with Gasteiger partial charge in [-0.3, -0.25) is 9.56 Å². The maximum atomic E-state index is 11.6. The average Bonchev–Trinajstić information content (AvgIpc) is 2.99. The fourth-order valence-electron chi connectivity index (χ4n) is 1.92. The van der Waals surface area contributed by atoms with Crippen LogP contribution in [-0.2, 0) is 4.57 Å². The topological polar surface area (TPSA) is 120 Å². The Labute approximate surface area is 133 Å². The fourth-order valence-corrected chi connectivity index (χ4v) is 2.57. The summed E-state index contributed by atoms with van der Waals surface area (Å²) in [4.78, 5) is 29.7. The molecule has 1 aromatic heterocycles. The molecule has 0 radical (unpaired) electrons. The van der Waals surface area contributed by atoms with Gasteiger partial charge in [-0.2, -0.15) is 0 Å². The highest BCUT2D eigenvalue weighted by molar-refractivity contribution is 7.70. The molecular formula is C14H19N4O4P. The van der Waals surface area contributed by atoms with Crippen LogP contribution in [0, 0.1) is 0 Å². The molecule has 4 N–H and O–H groups in total. The first-order valence-corrected chi connectivity index (χ1v) is 8.50. The molecule has 0 fully saturated rings. The summed E-state index contributed by atoms with van der Waals surface area (Å²) >= 11 is 0. The summed E-state index contributed by atoms with van der Waals surface area (Å²) in [6.45, 7) is 3.46. The minimum Gasteiger partial charge on any atom is -0.495 e. The van der Waals surface area contributed by atoms with Crippen molar-refractivity contribution in [1.29, 1.82) is 0 Å². The Morgan fingerprint density at radius 3 is 2.70 bits per heavy atom. The summed E-state index contributed by atoms with van der Waals surface area (Å²) in [7, 11) is -3.04. The third-order valence-electron chi connectivity index (χ3n) is 2.91. The lowest BCUT2D eigenvalue weighted by molar-refractivity contribution is 0.390. The highest BCUT2D eigenvalue weighted by Gasteiger charge is 2.25. The van der Waals surface area contributed by atoms with Crippen molar-refractivity contribution >= 4 is 18.9 Å². The van der Waals surface area contributed by atoms with E-state index in [2.05, 4.69) is 20.3 Å². The van der Waals surface area contributed by atoms with Crippen molar-refractivity contribution in [3.8, 4) is 17.0 Å². The van der Waals surface area contributed by atoms with Gasteiger partial charge in [0, 0.05) is 11.6 Å². The number of nitrogens with one attached hydrogen (secondary N) is 2. The molecule has 0 amide bonds. The van der Waals surface area contributed by atoms with E-state index >= 15 is 0 Å². The second-order valence-electron chi connectivity index (χ2n) is 5.10. The standard InChI is InChI=1S/C14H19N4O4P/c1-9(2)17-14(23(19,20)21)18-11-5-4-10(6-13(11)22-3)12-7-15-8-16-12/h4-9H,1-3H3,(H,15,16)(H,17,18)(H2,19,20,21). The zero-order valence-corrected chi connectivity index (χ0v) is 13.9. The Bertz CT molecular complexity index is 737. The van der Waals surface area contributed by atoms with E-state index in [1.54, 1.807) is 44.6 Å². The zero-order valence-electron chi connectivity index (χ0n) is 13.0. The number of imidazole rings is 1. The molecule has 0 spiro atoms. The van der Waals surface area contributed by atoms with E-state index in [-0.39, 0.29) is 11.6 Å². The van der Waals surface area contributed by atoms with Crippen LogP contribution in [0.25, 0.3) is 11.3 Å². The number of hydrogen-bond donors (Lipinski definition) is 4. The van der Waals surface area contributed by atoms with Gasteiger partial charge in [0.25, 0.3) is 0 Å². The van der Waals surface area contributed by atoms with Crippen molar-refractivity contribution < 1.29 is 19.1 Å². The van der Waals surface area contributed by atoms with Crippen molar-refractivity contribution in [2.45, 2.75) is 19.9 Å². The number of hydrogen-bond acceptors (Lipinski definition) is 4. The molecule has 1 aromatic carbocycles. The number of aromatic nitrogens is 2. The number of aromatic amines is 1. The normalized spacial score (nSPS) is 12.5. The maximum absolute atomic E-state index is 11.6. The lowest BCUT2D eigenvalue weighted by atomic mass is 10.1. The third kappa shape index (κ3) is 4.41. The summed E-state index contributed by atoms with van der Waals surface area (Å²) in [5.74, 6) is 0.432. The number of anilines is 1. The molecule has 2 rings (SSSR count). The highest BCUT2D eigenvalue weighted by Crippen LogP contribution is 2.39. The smallest absolute Gasteiger partial charge is 0.390 e. The lowest BCUT2D eigenvalue weighted by Gasteiger charge is -2.15. The van der Waals surface area contributed by atoms with E-state index < -0.39 is 7.60 Å². The molecule has 124 valence electrons. The van der Waals surface area contributed by atoms with Gasteiger partial charge in [-0.25, -0.2) is 4.98 Å². The van der Waals surface area contributed by atoms with Crippen molar-refractivity contribution in [3.05, 3.63) is 30.7 Å². The molecule has 0 atom stereocenters. The number of nitrogens with zero attached hydrogens (tertiary/aromatic N) is 2. The second-order valence-corrected chi connectivity index (χ2v) is 6.61. The minimum absolute atomic E-state index is 0.264. The molecular weight excluding hydrogens is 319 g/mol. The molecule has 2 aromatic rings. The van der Waals surface area contributed by atoms with E-state index in [9.17, 15) is 14.4 Å². The van der Waals surface area contributed by atoms with Crippen LogP contribution in [0.5, 0.6) is 5.75 Å². The van der Waals surface area contributed by atoms with Gasteiger partial charge < -0.3 is 24.8 Å². The number of ether oxygens (including phenoxy) is 1. The Balaban J connectivity index is 2.37. The zero-order chi connectivity index (χ0) is 17.0. The molecule has 9 heteroatoms. The van der Waals surface area contributed by atoms with Crippen molar-refractivity contribution in [1.82, 2.24) is 9.97 Å². The monoisotopic (exact) mass is 338 g/mol. The van der Waals surface area contributed by atoms with Gasteiger partial charge in [0.15, 0.2) is 0 Å². The van der Waals surface area contributed by atoms with Crippen molar-refractivity contribution in [2.75, 3.05) is 12.4 Å². The maximum Gasteiger partial charge on any atom is 0.390 e. The number of methoxy groups -OCH3 is 1. The molecule has 0 bridgehead atoms. The van der Waals surface area contributed by atoms with Gasteiger partial charge in [-0.1, -0.05) is 6.07 Å². The predicted molar refractivity (Wildman–Crippen MR) is 88.8 cm³/mol. The van der Waals surface area contributed by atoms with E-state index in [1.807, 2.05) is 0 Å². The van der Waals surface area contributed by atoms with Crippen LogP contribution in [-0.4, -0.2) is 38.5 Å². The van der Waals surface area contributed by atoms with Crippen LogP contribution in [0.4, 0.5) is 5.69 Å². The molecule has 0 saturated heterocycles. The first-order valence-electron chi connectivity index (χ1n) is 6.89. The molecule has 0 aliphatic heterocycles. The molecule has 23 heavy (non-hydrogen) atoms.